The highest BCUT2D eigenvalue weighted by molar-refractivity contribution is 7.90. The summed E-state index contributed by atoms with van der Waals surface area (Å²) in [6, 6.07) is 24.6. The van der Waals surface area contributed by atoms with Gasteiger partial charge < -0.3 is 14.4 Å². The summed E-state index contributed by atoms with van der Waals surface area (Å²) in [5.41, 5.74) is 7.74. The Morgan fingerprint density at radius 1 is 0.878 bits per heavy atom. The molecule has 5 rings (SSSR count). The minimum absolute atomic E-state index is 0.00805. The molecule has 1 N–H and O–H groups in total. The highest BCUT2D eigenvalue weighted by Gasteiger charge is 2.26. The van der Waals surface area contributed by atoms with Gasteiger partial charge in [0.2, 0.25) is 0 Å². The van der Waals surface area contributed by atoms with Crippen molar-refractivity contribution in [2.45, 2.75) is 25.2 Å². The minimum Gasteiger partial charge on any atom is -0.612 e. The van der Waals surface area contributed by atoms with Crippen molar-refractivity contribution < 1.29 is 23.6 Å². The van der Waals surface area contributed by atoms with Crippen LogP contribution in [-0.2, 0) is 16.0 Å². The van der Waals surface area contributed by atoms with Gasteiger partial charge in [-0.05, 0) is 142 Å². The number of ether oxygens (including phenoxy) is 1. The lowest BCUT2D eigenvalue weighted by molar-refractivity contribution is -0.133. The minimum atomic E-state index is -1.06. The Morgan fingerprint density at radius 3 is 2.24 bits per heavy atom. The van der Waals surface area contributed by atoms with Crippen molar-refractivity contribution in [1.82, 2.24) is 0 Å². The van der Waals surface area contributed by atoms with Gasteiger partial charge in [-0.25, -0.2) is 4.39 Å². The zero-order chi connectivity index (χ0) is 29.1. The van der Waals surface area contributed by atoms with Crippen molar-refractivity contribution in [3.05, 3.63) is 130 Å². The number of hydrogen-bond acceptors (Lipinski definition) is 4. The molecule has 0 fully saturated rings. The van der Waals surface area contributed by atoms with Crippen LogP contribution in [0.3, 0.4) is 0 Å². The maximum atomic E-state index is 14.3. The van der Waals surface area contributed by atoms with Crippen molar-refractivity contribution in [2.24, 2.45) is 0 Å². The number of allylic oxidation sites excluding steroid dienone is 2. The Morgan fingerprint density at radius 2 is 1.56 bits per heavy atom. The summed E-state index contributed by atoms with van der Waals surface area (Å²) in [6.07, 6.45) is 7.45. The topological polar surface area (TPSA) is 69.6 Å². The van der Waals surface area contributed by atoms with Crippen LogP contribution in [0, 0.1) is 12.7 Å². The lowest BCUT2D eigenvalue weighted by atomic mass is 10.0. The number of phenols is 1. The van der Waals surface area contributed by atoms with Crippen LogP contribution in [0.15, 0.2) is 95.4 Å². The fourth-order valence-electron chi connectivity index (χ4n) is 4.94. The number of carbonyl (C=O) groups is 1. The Bertz CT molecular complexity index is 1680. The Hall–Kier alpha value is -4.39. The van der Waals surface area contributed by atoms with Gasteiger partial charge in [-0.15, -0.1) is 0 Å². The van der Waals surface area contributed by atoms with Gasteiger partial charge in [-0.3, -0.25) is 4.79 Å². The first kappa shape index (κ1) is 28.1. The molecule has 0 saturated carbocycles. The number of rotatable bonds is 7. The number of aryl methyl sites for hydroxylation is 1. The van der Waals surface area contributed by atoms with Crippen LogP contribution < -0.4 is 4.74 Å². The van der Waals surface area contributed by atoms with Gasteiger partial charge >= 0.3 is 5.97 Å². The third-order valence-corrected chi connectivity index (χ3v) is 7.90. The number of halogens is 1. The highest BCUT2D eigenvalue weighted by atomic mass is 32.2. The monoisotopic (exact) mass is 564 g/mol. The molecular weight excluding hydrogens is 535 g/mol. The van der Waals surface area contributed by atoms with Crippen molar-refractivity contribution in [3.8, 4) is 11.5 Å². The van der Waals surface area contributed by atoms with E-state index < -0.39 is 17.1 Å². The normalized spacial score (nSPS) is 14.5. The molecule has 1 aliphatic carbocycles. The van der Waals surface area contributed by atoms with E-state index in [0.717, 1.165) is 49.4 Å². The number of carbonyl (C=O) groups excluding carboxylic acids is 1. The summed E-state index contributed by atoms with van der Waals surface area (Å²) in [5.74, 6) is -0.177. The zero-order valence-corrected chi connectivity index (χ0v) is 23.8. The molecule has 4 aromatic rings. The van der Waals surface area contributed by atoms with Crippen LogP contribution in [0.1, 0.15) is 46.7 Å². The highest BCUT2D eigenvalue weighted by Crippen LogP contribution is 2.44. The molecule has 0 amide bonds. The molecule has 1 aliphatic rings. The van der Waals surface area contributed by atoms with Gasteiger partial charge in [-0.2, -0.15) is 0 Å². The van der Waals surface area contributed by atoms with Gasteiger partial charge in [-0.1, -0.05) is 36.4 Å². The van der Waals surface area contributed by atoms with Gasteiger partial charge in [0.25, 0.3) is 0 Å². The van der Waals surface area contributed by atoms with E-state index in [1.54, 1.807) is 36.6 Å². The van der Waals surface area contributed by atoms with E-state index >= 15 is 0 Å². The molecule has 4 aromatic carbocycles. The molecule has 6 heteroatoms. The molecule has 0 radical (unpaired) electrons. The van der Waals surface area contributed by atoms with Crippen LogP contribution in [0.25, 0.3) is 29.4 Å². The third kappa shape index (κ3) is 6.68. The molecule has 4 nitrogen and oxygen atoms in total. The van der Waals surface area contributed by atoms with Crippen LogP contribution in [0.4, 0.5) is 4.39 Å². The average Bonchev–Trinajstić information content (AvgIpc) is 3.17. The predicted octanol–water partition coefficient (Wildman–Crippen LogP) is 8.07. The van der Waals surface area contributed by atoms with Crippen molar-refractivity contribution >= 4 is 46.5 Å². The predicted molar refractivity (Wildman–Crippen MR) is 164 cm³/mol. The van der Waals surface area contributed by atoms with Crippen LogP contribution in [-0.4, -0.2) is 21.9 Å². The fourth-order valence-corrected chi connectivity index (χ4v) is 5.46. The Labute approximate surface area is 242 Å². The molecule has 206 valence electrons. The summed E-state index contributed by atoms with van der Waals surface area (Å²) < 4.78 is 31.6. The summed E-state index contributed by atoms with van der Waals surface area (Å²) in [5, 5.41) is 9.79. The van der Waals surface area contributed by atoms with Gasteiger partial charge in [0.1, 0.15) is 23.6 Å². The van der Waals surface area contributed by atoms with Gasteiger partial charge in [0.15, 0.2) is 4.90 Å². The first-order chi connectivity index (χ1) is 19.7. The quantitative estimate of drug-likeness (QED) is 0.107. The van der Waals surface area contributed by atoms with E-state index in [0.29, 0.717) is 11.3 Å². The number of aromatic hydroxyl groups is 1. The van der Waals surface area contributed by atoms with E-state index in [2.05, 4.69) is 0 Å². The largest absolute Gasteiger partial charge is 0.612 e. The first-order valence-corrected chi connectivity index (χ1v) is 14.7. The molecule has 1 atom stereocenters. The Balaban J connectivity index is 1.32. The summed E-state index contributed by atoms with van der Waals surface area (Å²) in [4.78, 5) is 13.7. The summed E-state index contributed by atoms with van der Waals surface area (Å²) in [6.45, 7) is 3.85. The molecule has 0 heterocycles. The second-order valence-electron chi connectivity index (χ2n) is 10.0. The van der Waals surface area contributed by atoms with Crippen LogP contribution in [0.5, 0.6) is 11.5 Å². The molecule has 0 aliphatic heterocycles. The second-order valence-corrected chi connectivity index (χ2v) is 11.4. The zero-order valence-electron chi connectivity index (χ0n) is 23.0. The molecule has 0 spiro atoms. The molecule has 1 unspecified atom stereocenters. The second kappa shape index (κ2) is 12.0. The summed E-state index contributed by atoms with van der Waals surface area (Å²) in [7, 11) is 0. The van der Waals surface area contributed by atoms with Crippen molar-refractivity contribution in [1.29, 1.82) is 0 Å². The SMILES string of the molecule is CC1=C(CC(=O)Oc2ccc(/C=C/c3cc(C)cc(O)c3)cc2)c2cc(F)ccc2/C1=C\c1ccc([S+](C)[O-])cc1. The first-order valence-electron chi connectivity index (χ1n) is 13.1. The number of phenolic OH excluding ortho intramolecular Hbond substituents is 1. The Kier molecular flexibility index (Phi) is 8.24. The number of benzene rings is 4. The maximum Gasteiger partial charge on any atom is 0.315 e. The number of hydrogen-bond donors (Lipinski definition) is 1. The van der Waals surface area contributed by atoms with Gasteiger partial charge in [0.05, 0.1) is 6.42 Å². The van der Waals surface area contributed by atoms with Crippen LogP contribution >= 0.6 is 0 Å². The third-order valence-electron chi connectivity index (χ3n) is 6.96. The molecule has 0 aromatic heterocycles. The molecule has 41 heavy (non-hydrogen) atoms. The van der Waals surface area contributed by atoms with E-state index in [1.165, 1.54) is 12.1 Å². The smallest absolute Gasteiger partial charge is 0.315 e. The maximum absolute atomic E-state index is 14.3. The van der Waals surface area contributed by atoms with E-state index in [9.17, 15) is 18.8 Å². The molecule has 0 bridgehead atoms. The fraction of sp³-hybridized carbons (Fsp3) is 0.114. The lowest BCUT2D eigenvalue weighted by Crippen LogP contribution is -2.08. The molecular formula is C35H29FO4S. The van der Waals surface area contributed by atoms with Gasteiger partial charge in [0, 0.05) is 0 Å². The van der Waals surface area contributed by atoms with Crippen molar-refractivity contribution in [3.63, 3.8) is 0 Å². The summed E-state index contributed by atoms with van der Waals surface area (Å²) >= 11 is -1.06. The van der Waals surface area contributed by atoms with Crippen molar-refractivity contribution in [2.75, 3.05) is 6.26 Å². The number of esters is 1. The van der Waals surface area contributed by atoms with Crippen LogP contribution in [0.2, 0.25) is 0 Å². The lowest BCUT2D eigenvalue weighted by Gasteiger charge is -2.08. The van der Waals surface area contributed by atoms with E-state index in [1.807, 2.05) is 74.5 Å². The van der Waals surface area contributed by atoms with E-state index in [-0.39, 0.29) is 18.0 Å². The average molecular weight is 565 g/mol. The van der Waals surface area contributed by atoms with E-state index in [4.69, 9.17) is 4.74 Å². The number of fused-ring (bicyclic) bond motifs is 1. The standard InChI is InChI=1S/C35H29FO4S/c1-22-16-26(18-28(37)17-22)5-4-24-6-11-29(12-7-24)40-35(38)21-33-23(2)32(31-15-10-27(36)20-34(31)33)19-25-8-13-30(14-9-25)41(3)39/h4-20,37H,21H2,1-3H3/b5-4+,32-19-. The molecule has 0 saturated heterocycles.